The Labute approximate surface area is 112 Å². The zero-order valence-corrected chi connectivity index (χ0v) is 11.2. The smallest absolute Gasteiger partial charge is 0.133 e. The van der Waals surface area contributed by atoms with Crippen LogP contribution < -0.4 is 5.32 Å². The van der Waals surface area contributed by atoms with Crippen molar-refractivity contribution in [2.45, 2.75) is 27.3 Å². The Hall–Kier alpha value is -2.30. The highest BCUT2D eigenvalue weighted by Crippen LogP contribution is 2.23. The fourth-order valence-electron chi connectivity index (χ4n) is 1.83. The first kappa shape index (κ1) is 13.1. The van der Waals surface area contributed by atoms with E-state index in [0.717, 1.165) is 17.1 Å². The molecule has 0 saturated carbocycles. The van der Waals surface area contributed by atoms with E-state index in [4.69, 9.17) is 0 Å². The van der Waals surface area contributed by atoms with Gasteiger partial charge in [-0.3, -0.25) is 0 Å². The van der Waals surface area contributed by atoms with Crippen LogP contribution in [0, 0.1) is 20.8 Å². The number of anilines is 1. The molecule has 0 fully saturated rings. The van der Waals surface area contributed by atoms with Crippen LogP contribution in [0.3, 0.4) is 0 Å². The third-order valence-electron chi connectivity index (χ3n) is 3.01. The van der Waals surface area contributed by atoms with Gasteiger partial charge in [-0.1, -0.05) is 0 Å². The lowest BCUT2D eigenvalue weighted by atomic mass is 10.2. The summed E-state index contributed by atoms with van der Waals surface area (Å²) in [6.07, 6.45) is 0. The first-order valence-electron chi connectivity index (χ1n) is 6.04. The molecule has 1 aromatic carbocycles. The Morgan fingerprint density at radius 2 is 1.84 bits per heavy atom. The molecule has 2 aromatic rings. The summed E-state index contributed by atoms with van der Waals surface area (Å²) in [6, 6.07) is 4.44. The fraction of sp³-hybridized carbons (Fsp3) is 0.286. The van der Waals surface area contributed by atoms with E-state index in [-0.39, 0.29) is 11.5 Å². The van der Waals surface area contributed by atoms with Gasteiger partial charge in [0.05, 0.1) is 0 Å². The van der Waals surface area contributed by atoms with E-state index < -0.39 is 0 Å². The van der Waals surface area contributed by atoms with Gasteiger partial charge in [0, 0.05) is 23.4 Å². The second-order valence-corrected chi connectivity index (χ2v) is 4.50. The highest BCUT2D eigenvalue weighted by molar-refractivity contribution is 5.47. The lowest BCUT2D eigenvalue weighted by Crippen LogP contribution is -2.07. The molecule has 1 aromatic heterocycles. The van der Waals surface area contributed by atoms with E-state index in [9.17, 15) is 10.2 Å². The molecular formula is C14H17N3O2. The molecule has 0 spiro atoms. The van der Waals surface area contributed by atoms with Gasteiger partial charge >= 0.3 is 0 Å². The number of aromatic hydroxyl groups is 2. The highest BCUT2D eigenvalue weighted by Gasteiger charge is 2.07. The molecule has 100 valence electrons. The second-order valence-electron chi connectivity index (χ2n) is 4.50. The number of benzene rings is 1. The predicted octanol–water partition coefficient (Wildman–Crippen LogP) is 2.43. The van der Waals surface area contributed by atoms with Crippen molar-refractivity contribution in [2.75, 3.05) is 5.32 Å². The average Bonchev–Trinajstić information content (AvgIpc) is 2.35. The molecule has 2 rings (SSSR count). The van der Waals surface area contributed by atoms with Gasteiger partial charge in [0.2, 0.25) is 0 Å². The van der Waals surface area contributed by atoms with Crippen LogP contribution in [-0.4, -0.2) is 20.2 Å². The molecule has 0 saturated heterocycles. The number of hydrogen-bond donors (Lipinski definition) is 3. The minimum Gasteiger partial charge on any atom is -0.508 e. The molecule has 19 heavy (non-hydrogen) atoms. The van der Waals surface area contributed by atoms with Crippen LogP contribution >= 0.6 is 0 Å². The summed E-state index contributed by atoms with van der Waals surface area (Å²) in [6.45, 7) is 6.10. The summed E-state index contributed by atoms with van der Waals surface area (Å²) in [4.78, 5) is 8.61. The van der Waals surface area contributed by atoms with Gasteiger partial charge in [-0.15, -0.1) is 0 Å². The summed E-state index contributed by atoms with van der Waals surface area (Å²) in [7, 11) is 0. The Kier molecular flexibility index (Phi) is 3.55. The topological polar surface area (TPSA) is 78.3 Å². The van der Waals surface area contributed by atoms with Crippen LogP contribution in [0.4, 0.5) is 5.82 Å². The standard InChI is InChI=1S/C14H17N3O2/c1-8-9(2)16-10(3)17-14(8)15-7-11-6-12(18)4-5-13(11)19/h4-6,18-19H,7H2,1-3H3,(H,15,16,17). The summed E-state index contributed by atoms with van der Waals surface area (Å²) < 4.78 is 0. The molecular weight excluding hydrogens is 242 g/mol. The zero-order chi connectivity index (χ0) is 14.0. The predicted molar refractivity (Wildman–Crippen MR) is 73.3 cm³/mol. The molecule has 0 unspecified atom stereocenters. The SMILES string of the molecule is Cc1nc(C)c(C)c(NCc2cc(O)ccc2O)n1. The largest absolute Gasteiger partial charge is 0.508 e. The summed E-state index contributed by atoms with van der Waals surface area (Å²) in [5, 5.41) is 22.3. The molecule has 5 nitrogen and oxygen atoms in total. The lowest BCUT2D eigenvalue weighted by Gasteiger charge is -2.12. The van der Waals surface area contributed by atoms with E-state index in [1.165, 1.54) is 18.2 Å². The molecule has 0 bridgehead atoms. The molecule has 0 atom stereocenters. The van der Waals surface area contributed by atoms with Crippen molar-refractivity contribution in [2.24, 2.45) is 0 Å². The molecule has 0 aliphatic carbocycles. The molecule has 0 aliphatic rings. The number of hydrogen-bond acceptors (Lipinski definition) is 5. The third kappa shape index (κ3) is 2.93. The summed E-state index contributed by atoms with van der Waals surface area (Å²) in [5.74, 6) is 1.71. The minimum atomic E-state index is 0.126. The van der Waals surface area contributed by atoms with Crippen LogP contribution in [-0.2, 0) is 6.54 Å². The van der Waals surface area contributed by atoms with Gasteiger partial charge in [0.1, 0.15) is 23.1 Å². The van der Waals surface area contributed by atoms with Gasteiger partial charge in [0.25, 0.3) is 0 Å². The first-order chi connectivity index (χ1) is 8.97. The van der Waals surface area contributed by atoms with Crippen LogP contribution in [0.5, 0.6) is 11.5 Å². The monoisotopic (exact) mass is 259 g/mol. The molecule has 3 N–H and O–H groups in total. The van der Waals surface area contributed by atoms with Crippen molar-refractivity contribution in [3.05, 3.63) is 40.8 Å². The number of nitrogens with one attached hydrogen (secondary N) is 1. The fourth-order valence-corrected chi connectivity index (χ4v) is 1.83. The van der Waals surface area contributed by atoms with E-state index in [1.54, 1.807) is 0 Å². The molecule has 0 amide bonds. The van der Waals surface area contributed by atoms with Crippen LogP contribution in [0.1, 0.15) is 22.6 Å². The number of phenolic OH excluding ortho intramolecular Hbond substituents is 2. The first-order valence-corrected chi connectivity index (χ1v) is 6.04. The van der Waals surface area contributed by atoms with Gasteiger partial charge in [-0.25, -0.2) is 9.97 Å². The maximum Gasteiger partial charge on any atom is 0.133 e. The van der Waals surface area contributed by atoms with Crippen molar-refractivity contribution in [1.82, 2.24) is 9.97 Å². The average molecular weight is 259 g/mol. The third-order valence-corrected chi connectivity index (χ3v) is 3.01. The summed E-state index contributed by atoms with van der Waals surface area (Å²) in [5.41, 5.74) is 2.52. The van der Waals surface area contributed by atoms with E-state index in [1.807, 2.05) is 20.8 Å². The molecule has 0 aliphatic heterocycles. The normalized spacial score (nSPS) is 10.5. The van der Waals surface area contributed by atoms with Crippen LogP contribution in [0.2, 0.25) is 0 Å². The number of aryl methyl sites for hydroxylation is 2. The minimum absolute atomic E-state index is 0.126. The van der Waals surface area contributed by atoms with Gasteiger partial charge in [0.15, 0.2) is 0 Å². The number of aromatic nitrogens is 2. The lowest BCUT2D eigenvalue weighted by molar-refractivity contribution is 0.455. The van der Waals surface area contributed by atoms with Crippen molar-refractivity contribution in [3.63, 3.8) is 0 Å². The van der Waals surface area contributed by atoms with Crippen molar-refractivity contribution in [3.8, 4) is 11.5 Å². The maximum absolute atomic E-state index is 9.71. The molecule has 1 heterocycles. The molecule has 5 heteroatoms. The van der Waals surface area contributed by atoms with E-state index in [2.05, 4.69) is 15.3 Å². The van der Waals surface area contributed by atoms with Gasteiger partial charge in [-0.2, -0.15) is 0 Å². The van der Waals surface area contributed by atoms with Crippen molar-refractivity contribution in [1.29, 1.82) is 0 Å². The van der Waals surface area contributed by atoms with Crippen molar-refractivity contribution < 1.29 is 10.2 Å². The Morgan fingerprint density at radius 3 is 2.58 bits per heavy atom. The zero-order valence-electron chi connectivity index (χ0n) is 11.2. The Morgan fingerprint density at radius 1 is 1.11 bits per heavy atom. The second kappa shape index (κ2) is 5.14. The number of phenols is 2. The Balaban J connectivity index is 2.21. The summed E-state index contributed by atoms with van der Waals surface area (Å²) >= 11 is 0. The van der Waals surface area contributed by atoms with Crippen LogP contribution in [0.25, 0.3) is 0 Å². The molecule has 0 radical (unpaired) electrons. The van der Waals surface area contributed by atoms with Gasteiger partial charge < -0.3 is 15.5 Å². The highest BCUT2D eigenvalue weighted by atomic mass is 16.3. The van der Waals surface area contributed by atoms with Gasteiger partial charge in [-0.05, 0) is 39.0 Å². The van der Waals surface area contributed by atoms with E-state index >= 15 is 0 Å². The number of nitrogens with zero attached hydrogens (tertiary/aromatic N) is 2. The van der Waals surface area contributed by atoms with Crippen LogP contribution in [0.15, 0.2) is 18.2 Å². The van der Waals surface area contributed by atoms with Crippen molar-refractivity contribution >= 4 is 5.82 Å². The maximum atomic E-state index is 9.71. The quantitative estimate of drug-likeness (QED) is 0.738. The van der Waals surface area contributed by atoms with E-state index in [0.29, 0.717) is 17.9 Å². The number of rotatable bonds is 3. The Bertz CT molecular complexity index is 612.